The SMILES string of the molecule is CCNC(=O)[C@@H](NC(=O)[C@H](C)NC[C@H](CC(C)C)NC(=O)[C@H](CSC)NC(=O)[C@@H](NC(=O)c1cc[nH+]cc1)[C@@H](C)CC)C(C)C. The molecule has 12 nitrogen and oxygen atoms in total. The summed E-state index contributed by atoms with van der Waals surface area (Å²) in [6.45, 7) is 16.0. The second-order valence-corrected chi connectivity index (χ2v) is 13.1. The third kappa shape index (κ3) is 14.2. The van der Waals surface area contributed by atoms with E-state index in [0.29, 0.717) is 37.2 Å². The summed E-state index contributed by atoms with van der Waals surface area (Å²) in [6.07, 6.45) is 6.41. The molecule has 0 fully saturated rings. The fourth-order valence-electron chi connectivity index (χ4n) is 4.65. The van der Waals surface area contributed by atoms with Crippen LogP contribution in [0, 0.1) is 17.8 Å². The molecule has 5 amide bonds. The first-order valence-electron chi connectivity index (χ1n) is 15.9. The predicted molar refractivity (Wildman–Crippen MR) is 178 cm³/mol. The molecule has 1 heterocycles. The number of pyridine rings is 1. The third-order valence-electron chi connectivity index (χ3n) is 7.49. The van der Waals surface area contributed by atoms with Gasteiger partial charge in [-0.3, -0.25) is 24.0 Å². The lowest BCUT2D eigenvalue weighted by molar-refractivity contribution is -0.378. The van der Waals surface area contributed by atoms with Crippen LogP contribution < -0.4 is 36.9 Å². The first-order chi connectivity index (χ1) is 21.2. The highest BCUT2D eigenvalue weighted by molar-refractivity contribution is 7.98. The number of carbonyl (C=O) groups is 5. The van der Waals surface area contributed by atoms with Crippen molar-refractivity contribution in [2.45, 2.75) is 98.4 Å². The maximum absolute atomic E-state index is 13.5. The van der Waals surface area contributed by atoms with Gasteiger partial charge in [0.15, 0.2) is 12.4 Å². The number of H-pyrrole nitrogens is 1. The minimum atomic E-state index is -0.832. The van der Waals surface area contributed by atoms with E-state index in [9.17, 15) is 24.0 Å². The molecule has 0 unspecified atom stereocenters. The molecule has 0 radical (unpaired) electrons. The molecular formula is C32H56N7O5S+. The number of aromatic nitrogens is 1. The van der Waals surface area contributed by atoms with Gasteiger partial charge in [-0.15, -0.1) is 0 Å². The zero-order valence-electron chi connectivity index (χ0n) is 28.4. The molecule has 0 saturated heterocycles. The maximum Gasteiger partial charge on any atom is 0.252 e. The van der Waals surface area contributed by atoms with E-state index in [1.165, 1.54) is 11.8 Å². The lowest BCUT2D eigenvalue weighted by Crippen LogP contribution is -2.58. The molecule has 0 aliphatic rings. The molecule has 1 rings (SSSR count). The van der Waals surface area contributed by atoms with Gasteiger partial charge in [0.1, 0.15) is 18.1 Å². The standard InChI is InChI=1S/C32H55N7O5S/c1-10-21(7)27(39-29(41)23-12-14-33-15-13-23)32(44)37-25(18-45-9)30(42)36-24(16-19(3)4)17-35-22(8)28(40)38-26(20(5)6)31(43)34-11-2/h12-15,19-22,24-27,35H,10-11,16-18H2,1-9H3,(H,34,43)(H,36,42)(H,37,44)(H,38,40)(H,39,41)/p+1/t21-,22-,24-,25-,26-,27-/m0/s1. The van der Waals surface area contributed by atoms with Crippen LogP contribution in [0.25, 0.3) is 0 Å². The second kappa shape index (κ2) is 20.8. The van der Waals surface area contributed by atoms with Crippen molar-refractivity contribution in [2.24, 2.45) is 17.8 Å². The van der Waals surface area contributed by atoms with Crippen LogP contribution in [0.5, 0.6) is 0 Å². The Morgan fingerprint density at radius 3 is 1.98 bits per heavy atom. The van der Waals surface area contributed by atoms with E-state index in [4.69, 9.17) is 0 Å². The molecular weight excluding hydrogens is 594 g/mol. The first kappa shape index (κ1) is 39.8. The minimum absolute atomic E-state index is 0.0884. The number of hydrogen-bond acceptors (Lipinski definition) is 7. The summed E-state index contributed by atoms with van der Waals surface area (Å²) in [6, 6.07) is 0.00868. The van der Waals surface area contributed by atoms with E-state index in [1.54, 1.807) is 31.5 Å². The highest BCUT2D eigenvalue weighted by Gasteiger charge is 2.31. The maximum atomic E-state index is 13.5. The lowest BCUT2D eigenvalue weighted by Gasteiger charge is -2.29. The van der Waals surface area contributed by atoms with Gasteiger partial charge in [0.05, 0.1) is 11.6 Å². The van der Waals surface area contributed by atoms with Crippen LogP contribution >= 0.6 is 11.8 Å². The molecule has 6 atom stereocenters. The van der Waals surface area contributed by atoms with Crippen LogP contribution in [0.3, 0.4) is 0 Å². The van der Waals surface area contributed by atoms with Crippen molar-refractivity contribution >= 4 is 41.3 Å². The van der Waals surface area contributed by atoms with Crippen molar-refractivity contribution < 1.29 is 29.0 Å². The number of carbonyl (C=O) groups excluding carboxylic acids is 5. The van der Waals surface area contributed by atoms with Crippen molar-refractivity contribution in [1.82, 2.24) is 31.9 Å². The molecule has 1 aromatic heterocycles. The minimum Gasteiger partial charge on any atom is -0.355 e. The second-order valence-electron chi connectivity index (χ2n) is 12.2. The molecule has 254 valence electrons. The van der Waals surface area contributed by atoms with Crippen LogP contribution in [0.4, 0.5) is 0 Å². The fourth-order valence-corrected chi connectivity index (χ4v) is 5.22. The van der Waals surface area contributed by atoms with E-state index in [2.05, 4.69) is 36.9 Å². The van der Waals surface area contributed by atoms with Crippen molar-refractivity contribution in [1.29, 1.82) is 0 Å². The Morgan fingerprint density at radius 2 is 1.44 bits per heavy atom. The largest absolute Gasteiger partial charge is 0.355 e. The zero-order valence-corrected chi connectivity index (χ0v) is 29.2. The Kier molecular flexibility index (Phi) is 18.4. The topological polar surface area (TPSA) is 172 Å². The van der Waals surface area contributed by atoms with Crippen LogP contribution in [0.2, 0.25) is 0 Å². The summed E-state index contributed by atoms with van der Waals surface area (Å²) in [5.41, 5.74) is 0.421. The number of aromatic amines is 1. The van der Waals surface area contributed by atoms with E-state index >= 15 is 0 Å². The van der Waals surface area contributed by atoms with Crippen LogP contribution in [-0.4, -0.2) is 84.8 Å². The number of thioether (sulfide) groups is 1. The Bertz CT molecular complexity index is 1090. The number of likely N-dealkylation sites (N-methyl/N-ethyl adjacent to an activating group) is 1. The molecule has 7 N–H and O–H groups in total. The summed E-state index contributed by atoms with van der Waals surface area (Å²) in [5, 5.41) is 17.5. The summed E-state index contributed by atoms with van der Waals surface area (Å²) in [4.78, 5) is 68.1. The van der Waals surface area contributed by atoms with Crippen LogP contribution in [0.1, 0.15) is 78.6 Å². The van der Waals surface area contributed by atoms with Gasteiger partial charge in [-0.1, -0.05) is 48.0 Å². The van der Waals surface area contributed by atoms with Gasteiger partial charge < -0.3 is 31.9 Å². The molecule has 13 heteroatoms. The van der Waals surface area contributed by atoms with Gasteiger partial charge in [0.2, 0.25) is 23.6 Å². The predicted octanol–water partition coefficient (Wildman–Crippen LogP) is 1.28. The Morgan fingerprint density at radius 1 is 0.800 bits per heavy atom. The molecule has 0 aromatic carbocycles. The van der Waals surface area contributed by atoms with Gasteiger partial charge in [-0.2, -0.15) is 11.8 Å². The van der Waals surface area contributed by atoms with Crippen LogP contribution in [-0.2, 0) is 19.2 Å². The van der Waals surface area contributed by atoms with Crippen molar-refractivity contribution in [2.75, 3.05) is 25.1 Å². The smallest absolute Gasteiger partial charge is 0.252 e. The average Bonchev–Trinajstić information content (AvgIpc) is 3.00. The Balaban J connectivity index is 2.96. The molecule has 0 saturated carbocycles. The summed E-state index contributed by atoms with van der Waals surface area (Å²) in [5.74, 6) is -1.35. The Labute approximate surface area is 273 Å². The lowest BCUT2D eigenvalue weighted by atomic mass is 9.97. The van der Waals surface area contributed by atoms with Gasteiger partial charge >= 0.3 is 0 Å². The summed E-state index contributed by atoms with van der Waals surface area (Å²) < 4.78 is 0. The normalized spacial score (nSPS) is 15.3. The summed E-state index contributed by atoms with van der Waals surface area (Å²) >= 11 is 1.43. The first-order valence-corrected chi connectivity index (χ1v) is 17.3. The number of hydrogen-bond donors (Lipinski definition) is 6. The number of rotatable bonds is 20. The van der Waals surface area contributed by atoms with Crippen molar-refractivity contribution in [3.8, 4) is 0 Å². The van der Waals surface area contributed by atoms with Gasteiger partial charge in [-0.25, -0.2) is 4.98 Å². The Hall–Kier alpha value is -3.19. The van der Waals surface area contributed by atoms with Gasteiger partial charge in [0, 0.05) is 37.0 Å². The molecule has 0 aliphatic carbocycles. The van der Waals surface area contributed by atoms with E-state index < -0.39 is 30.1 Å². The van der Waals surface area contributed by atoms with Crippen LogP contribution in [0.15, 0.2) is 24.5 Å². The quantitative estimate of drug-likeness (QED) is 0.123. The highest BCUT2D eigenvalue weighted by atomic mass is 32.2. The number of amides is 5. The fraction of sp³-hybridized carbons (Fsp3) is 0.688. The van der Waals surface area contributed by atoms with E-state index in [0.717, 1.165) is 0 Å². The molecule has 45 heavy (non-hydrogen) atoms. The average molecular weight is 651 g/mol. The molecule has 0 bridgehead atoms. The molecule has 1 aromatic rings. The van der Waals surface area contributed by atoms with Crippen molar-refractivity contribution in [3.63, 3.8) is 0 Å². The molecule has 0 spiro atoms. The zero-order chi connectivity index (χ0) is 34.1. The van der Waals surface area contributed by atoms with Gasteiger partial charge in [0.25, 0.3) is 5.91 Å². The number of nitrogens with one attached hydrogen (secondary N) is 7. The monoisotopic (exact) mass is 650 g/mol. The van der Waals surface area contributed by atoms with E-state index in [-0.39, 0.29) is 47.4 Å². The van der Waals surface area contributed by atoms with Crippen molar-refractivity contribution in [3.05, 3.63) is 30.1 Å². The molecule has 0 aliphatic heterocycles. The third-order valence-corrected chi connectivity index (χ3v) is 8.16. The van der Waals surface area contributed by atoms with E-state index in [1.807, 2.05) is 54.7 Å². The highest BCUT2D eigenvalue weighted by Crippen LogP contribution is 2.12. The van der Waals surface area contributed by atoms with Gasteiger partial charge in [-0.05, 0) is 44.3 Å². The summed E-state index contributed by atoms with van der Waals surface area (Å²) in [7, 11) is 0.